The minimum atomic E-state index is -0.316. The van der Waals surface area contributed by atoms with E-state index in [2.05, 4.69) is 10.6 Å². The van der Waals surface area contributed by atoms with Crippen molar-refractivity contribution in [3.63, 3.8) is 0 Å². The summed E-state index contributed by atoms with van der Waals surface area (Å²) in [5, 5.41) is 5.68. The number of benzene rings is 1. The number of carbonyl (C=O) groups is 1. The van der Waals surface area contributed by atoms with E-state index in [-0.39, 0.29) is 18.3 Å². The first-order valence-electron chi connectivity index (χ1n) is 6.58. The van der Waals surface area contributed by atoms with E-state index in [1.807, 2.05) is 0 Å². The van der Waals surface area contributed by atoms with Gasteiger partial charge in [0.25, 0.3) is 0 Å². The minimum absolute atomic E-state index is 0.145. The van der Waals surface area contributed by atoms with Gasteiger partial charge in [0, 0.05) is 18.8 Å². The van der Waals surface area contributed by atoms with Gasteiger partial charge in [-0.25, -0.2) is 4.39 Å². The van der Waals surface area contributed by atoms with Gasteiger partial charge in [-0.2, -0.15) is 0 Å². The number of amides is 1. The number of hydrogen-bond acceptors (Lipinski definition) is 3. The van der Waals surface area contributed by atoms with Crippen molar-refractivity contribution >= 4 is 11.6 Å². The van der Waals surface area contributed by atoms with Gasteiger partial charge in [-0.3, -0.25) is 4.79 Å². The third-order valence-corrected chi connectivity index (χ3v) is 2.89. The average molecular weight is 266 g/mol. The summed E-state index contributed by atoms with van der Waals surface area (Å²) in [5.74, 6) is 0.305. The summed E-state index contributed by atoms with van der Waals surface area (Å²) >= 11 is 0. The van der Waals surface area contributed by atoms with Crippen molar-refractivity contribution in [1.29, 1.82) is 0 Å². The molecule has 1 aliphatic carbocycles. The zero-order valence-corrected chi connectivity index (χ0v) is 10.8. The van der Waals surface area contributed by atoms with Gasteiger partial charge < -0.3 is 15.4 Å². The molecule has 1 aliphatic rings. The Morgan fingerprint density at radius 1 is 1.32 bits per heavy atom. The lowest BCUT2D eigenvalue weighted by Gasteiger charge is -2.07. The number of hydrogen-bond donors (Lipinski definition) is 2. The first kappa shape index (κ1) is 14.0. The van der Waals surface area contributed by atoms with E-state index in [9.17, 15) is 9.18 Å². The predicted octanol–water partition coefficient (Wildman–Crippen LogP) is 1.78. The lowest BCUT2D eigenvalue weighted by atomic mass is 10.3. The standard InChI is InChI=1S/C14H19FN2O2/c15-12-3-5-13(6-4-12)17-14(18)9-16-7-8-19-10-11-1-2-11/h3-6,11,16H,1-2,7-10H2,(H,17,18). The molecule has 0 spiro atoms. The van der Waals surface area contributed by atoms with Crippen molar-refractivity contribution in [2.75, 3.05) is 31.6 Å². The van der Waals surface area contributed by atoms with Gasteiger partial charge in [-0.1, -0.05) is 0 Å². The molecule has 2 N–H and O–H groups in total. The van der Waals surface area contributed by atoms with Gasteiger partial charge in [0.1, 0.15) is 5.82 Å². The SMILES string of the molecule is O=C(CNCCOCC1CC1)Nc1ccc(F)cc1. The highest BCUT2D eigenvalue weighted by Gasteiger charge is 2.20. The van der Waals surface area contributed by atoms with E-state index in [0.29, 0.717) is 18.8 Å². The number of nitrogens with one attached hydrogen (secondary N) is 2. The second kappa shape index (κ2) is 7.21. The largest absolute Gasteiger partial charge is 0.380 e. The topological polar surface area (TPSA) is 50.4 Å². The second-order valence-electron chi connectivity index (χ2n) is 4.75. The van der Waals surface area contributed by atoms with E-state index in [1.165, 1.54) is 37.1 Å². The smallest absolute Gasteiger partial charge is 0.238 e. The summed E-state index contributed by atoms with van der Waals surface area (Å²) < 4.78 is 18.1. The Labute approximate surface area is 112 Å². The third kappa shape index (κ3) is 5.81. The highest BCUT2D eigenvalue weighted by Crippen LogP contribution is 2.28. The zero-order chi connectivity index (χ0) is 13.5. The number of ether oxygens (including phenoxy) is 1. The molecule has 1 aromatic rings. The van der Waals surface area contributed by atoms with Crippen LogP contribution in [-0.4, -0.2) is 32.2 Å². The van der Waals surface area contributed by atoms with Gasteiger partial charge in [0.2, 0.25) is 5.91 Å². The van der Waals surface area contributed by atoms with Crippen LogP contribution in [0, 0.1) is 11.7 Å². The van der Waals surface area contributed by atoms with Crippen molar-refractivity contribution < 1.29 is 13.9 Å². The van der Waals surface area contributed by atoms with E-state index in [1.54, 1.807) is 0 Å². The Morgan fingerprint density at radius 3 is 2.74 bits per heavy atom. The third-order valence-electron chi connectivity index (χ3n) is 2.89. The van der Waals surface area contributed by atoms with Crippen molar-refractivity contribution in [1.82, 2.24) is 5.32 Å². The molecule has 104 valence electrons. The Kier molecular flexibility index (Phi) is 5.30. The molecule has 0 heterocycles. The Balaban J connectivity index is 1.52. The quantitative estimate of drug-likeness (QED) is 0.705. The van der Waals surface area contributed by atoms with Crippen LogP contribution in [0.25, 0.3) is 0 Å². The Morgan fingerprint density at radius 2 is 2.05 bits per heavy atom. The number of halogens is 1. The van der Waals surface area contributed by atoms with E-state index in [4.69, 9.17) is 4.74 Å². The average Bonchev–Trinajstić information content (AvgIpc) is 3.20. The molecule has 4 nitrogen and oxygen atoms in total. The van der Waals surface area contributed by atoms with Crippen LogP contribution >= 0.6 is 0 Å². The first-order valence-corrected chi connectivity index (χ1v) is 6.58. The maximum Gasteiger partial charge on any atom is 0.238 e. The number of carbonyl (C=O) groups excluding carboxylic acids is 1. The predicted molar refractivity (Wildman–Crippen MR) is 71.4 cm³/mol. The van der Waals surface area contributed by atoms with Crippen LogP contribution in [0.4, 0.5) is 10.1 Å². The first-order chi connectivity index (χ1) is 9.24. The van der Waals surface area contributed by atoms with Crippen molar-refractivity contribution in [3.05, 3.63) is 30.1 Å². The lowest BCUT2D eigenvalue weighted by Crippen LogP contribution is -2.30. The van der Waals surface area contributed by atoms with Gasteiger partial charge in [0.05, 0.1) is 13.2 Å². The van der Waals surface area contributed by atoms with Crippen molar-refractivity contribution in [3.8, 4) is 0 Å². The maximum absolute atomic E-state index is 12.7. The summed E-state index contributed by atoms with van der Waals surface area (Å²) in [6.07, 6.45) is 2.57. The molecule has 0 saturated heterocycles. The van der Waals surface area contributed by atoms with Gasteiger partial charge >= 0.3 is 0 Å². The molecule has 0 aromatic heterocycles. The highest BCUT2D eigenvalue weighted by atomic mass is 19.1. The molecular weight excluding hydrogens is 247 g/mol. The molecule has 0 atom stereocenters. The molecule has 19 heavy (non-hydrogen) atoms. The van der Waals surface area contributed by atoms with Crippen molar-refractivity contribution in [2.45, 2.75) is 12.8 Å². The molecule has 1 saturated carbocycles. The summed E-state index contributed by atoms with van der Waals surface area (Å²) in [5.41, 5.74) is 0.596. The van der Waals surface area contributed by atoms with Gasteiger partial charge in [0.15, 0.2) is 0 Å². The fraction of sp³-hybridized carbons (Fsp3) is 0.500. The molecule has 0 aliphatic heterocycles. The van der Waals surface area contributed by atoms with E-state index >= 15 is 0 Å². The minimum Gasteiger partial charge on any atom is -0.380 e. The molecule has 5 heteroatoms. The second-order valence-corrected chi connectivity index (χ2v) is 4.75. The van der Waals surface area contributed by atoms with E-state index in [0.717, 1.165) is 12.5 Å². The molecule has 0 unspecified atom stereocenters. The molecule has 0 bridgehead atoms. The van der Waals surface area contributed by atoms with Crippen molar-refractivity contribution in [2.24, 2.45) is 5.92 Å². The molecule has 1 fully saturated rings. The summed E-state index contributed by atoms with van der Waals surface area (Å²) in [4.78, 5) is 11.5. The summed E-state index contributed by atoms with van der Waals surface area (Å²) in [6, 6.07) is 5.70. The van der Waals surface area contributed by atoms with Gasteiger partial charge in [-0.05, 0) is 43.0 Å². The van der Waals surface area contributed by atoms with Crippen LogP contribution in [0.5, 0.6) is 0 Å². The fourth-order valence-corrected chi connectivity index (χ4v) is 1.62. The maximum atomic E-state index is 12.7. The Bertz CT molecular complexity index is 404. The highest BCUT2D eigenvalue weighted by molar-refractivity contribution is 5.92. The molecule has 1 aromatic carbocycles. The van der Waals surface area contributed by atoms with Crippen LogP contribution in [0.15, 0.2) is 24.3 Å². The number of anilines is 1. The Hall–Kier alpha value is -1.46. The molecule has 2 rings (SSSR count). The summed E-state index contributed by atoms with van der Waals surface area (Å²) in [6.45, 7) is 2.34. The molecule has 1 amide bonds. The lowest BCUT2D eigenvalue weighted by molar-refractivity contribution is -0.115. The zero-order valence-electron chi connectivity index (χ0n) is 10.8. The van der Waals surface area contributed by atoms with Crippen LogP contribution in [0.1, 0.15) is 12.8 Å². The fourth-order valence-electron chi connectivity index (χ4n) is 1.62. The molecule has 0 radical (unpaired) electrons. The normalized spacial score (nSPS) is 14.4. The monoisotopic (exact) mass is 266 g/mol. The van der Waals surface area contributed by atoms with Crippen LogP contribution < -0.4 is 10.6 Å². The molecular formula is C14H19FN2O2. The van der Waals surface area contributed by atoms with Gasteiger partial charge in [-0.15, -0.1) is 0 Å². The van der Waals surface area contributed by atoms with Crippen LogP contribution in [0.3, 0.4) is 0 Å². The number of rotatable bonds is 8. The summed E-state index contributed by atoms with van der Waals surface area (Å²) in [7, 11) is 0. The van der Waals surface area contributed by atoms with Crippen LogP contribution in [0.2, 0.25) is 0 Å². The van der Waals surface area contributed by atoms with E-state index < -0.39 is 0 Å². The van der Waals surface area contributed by atoms with Crippen LogP contribution in [-0.2, 0) is 9.53 Å².